The molecule has 1 aromatic heterocycles. The fourth-order valence-corrected chi connectivity index (χ4v) is 8.88. The number of hydrogen-bond acceptors (Lipinski definition) is 3. The van der Waals surface area contributed by atoms with Crippen molar-refractivity contribution in [2.75, 3.05) is 0 Å². The van der Waals surface area contributed by atoms with Crippen molar-refractivity contribution in [2.24, 2.45) is 52.8 Å². The summed E-state index contributed by atoms with van der Waals surface area (Å²) < 4.78 is 1.72. The lowest BCUT2D eigenvalue weighted by molar-refractivity contribution is -0.131. The van der Waals surface area contributed by atoms with Crippen LogP contribution in [-0.2, 0) is 11.3 Å². The highest BCUT2D eigenvalue weighted by atomic mass is 16.1. The van der Waals surface area contributed by atoms with Gasteiger partial charge in [0.1, 0.15) is 6.54 Å². The Bertz CT molecular complexity index is 730. The van der Waals surface area contributed by atoms with E-state index in [1.807, 2.05) is 6.20 Å². The maximum Gasteiger partial charge on any atom is 0.157 e. The zero-order chi connectivity index (χ0) is 20.2. The predicted molar refractivity (Wildman–Crippen MR) is 114 cm³/mol. The second-order valence-corrected chi connectivity index (χ2v) is 11.3. The molecule has 4 saturated carbocycles. The maximum atomic E-state index is 13.4. The largest absolute Gasteiger partial charge is 0.297 e. The molecule has 1 unspecified atom stereocenters. The molecule has 4 fully saturated rings. The summed E-state index contributed by atoms with van der Waals surface area (Å²) in [6.45, 7) is 7.73. The van der Waals surface area contributed by atoms with Crippen molar-refractivity contribution in [1.29, 1.82) is 0 Å². The molecule has 4 aliphatic rings. The number of Topliss-reactive ketones (excluding diaryl/α,β-unsaturated/α-hetero) is 1. The molecule has 29 heavy (non-hydrogen) atoms. The molecule has 4 heteroatoms. The van der Waals surface area contributed by atoms with Crippen LogP contribution in [0.25, 0.3) is 0 Å². The summed E-state index contributed by atoms with van der Waals surface area (Å²) in [5, 5.41) is 7.95. The van der Waals surface area contributed by atoms with Crippen LogP contribution in [0.1, 0.15) is 78.6 Å². The van der Waals surface area contributed by atoms with Gasteiger partial charge in [0.05, 0.1) is 6.20 Å². The number of aromatic nitrogens is 3. The van der Waals surface area contributed by atoms with Crippen LogP contribution in [0.2, 0.25) is 0 Å². The number of carbonyl (C=O) groups is 1. The predicted octanol–water partition coefficient (Wildman–Crippen LogP) is 5.39. The highest BCUT2D eigenvalue weighted by Crippen LogP contribution is 2.66. The monoisotopic (exact) mass is 397 g/mol. The van der Waals surface area contributed by atoms with Crippen molar-refractivity contribution >= 4 is 5.78 Å². The van der Waals surface area contributed by atoms with E-state index < -0.39 is 0 Å². The van der Waals surface area contributed by atoms with Crippen LogP contribution in [0.5, 0.6) is 0 Å². The summed E-state index contributed by atoms with van der Waals surface area (Å²) >= 11 is 0. The second kappa shape index (κ2) is 7.50. The van der Waals surface area contributed by atoms with Gasteiger partial charge in [-0.05, 0) is 91.8 Å². The van der Waals surface area contributed by atoms with Crippen molar-refractivity contribution in [1.82, 2.24) is 15.0 Å². The fraction of sp³-hybridized carbons (Fsp3) is 0.880. The molecule has 0 amide bonds. The van der Waals surface area contributed by atoms with Gasteiger partial charge in [0.25, 0.3) is 0 Å². The summed E-state index contributed by atoms with van der Waals surface area (Å²) in [6.07, 6.45) is 15.8. The van der Waals surface area contributed by atoms with Crippen LogP contribution in [0.15, 0.2) is 12.4 Å². The maximum absolute atomic E-state index is 13.4. The molecule has 1 heterocycles. The van der Waals surface area contributed by atoms with Crippen molar-refractivity contribution in [3.63, 3.8) is 0 Å². The Kier molecular flexibility index (Phi) is 5.11. The Morgan fingerprint density at radius 2 is 1.93 bits per heavy atom. The van der Waals surface area contributed by atoms with Crippen LogP contribution < -0.4 is 0 Å². The third-order valence-corrected chi connectivity index (χ3v) is 10.1. The van der Waals surface area contributed by atoms with Gasteiger partial charge in [0.2, 0.25) is 0 Å². The average Bonchev–Trinajstić information content (AvgIpc) is 3.32. The van der Waals surface area contributed by atoms with Gasteiger partial charge >= 0.3 is 0 Å². The molecular weight excluding hydrogens is 358 g/mol. The number of rotatable bonds is 4. The summed E-state index contributed by atoms with van der Waals surface area (Å²) in [7, 11) is 0. The van der Waals surface area contributed by atoms with Crippen LogP contribution in [0, 0.1) is 52.8 Å². The van der Waals surface area contributed by atoms with Crippen molar-refractivity contribution in [2.45, 2.75) is 85.1 Å². The molecule has 0 saturated heterocycles. The Labute approximate surface area is 176 Å². The molecule has 0 aromatic carbocycles. The van der Waals surface area contributed by atoms with E-state index in [1.54, 1.807) is 10.9 Å². The Morgan fingerprint density at radius 1 is 1.10 bits per heavy atom. The highest BCUT2D eigenvalue weighted by molar-refractivity contribution is 5.82. The molecule has 4 aliphatic carbocycles. The summed E-state index contributed by atoms with van der Waals surface area (Å²) in [5.41, 5.74) is 0.203. The van der Waals surface area contributed by atoms with Gasteiger partial charge in [-0.2, -0.15) is 0 Å². The first kappa shape index (κ1) is 19.8. The molecule has 0 spiro atoms. The van der Waals surface area contributed by atoms with Crippen LogP contribution in [-0.4, -0.2) is 20.8 Å². The summed E-state index contributed by atoms with van der Waals surface area (Å²) in [4.78, 5) is 13.4. The quantitative estimate of drug-likeness (QED) is 0.684. The van der Waals surface area contributed by atoms with E-state index in [0.717, 1.165) is 47.8 Å². The van der Waals surface area contributed by atoms with E-state index >= 15 is 0 Å². The van der Waals surface area contributed by atoms with E-state index in [4.69, 9.17) is 0 Å². The fourth-order valence-electron chi connectivity index (χ4n) is 8.88. The zero-order valence-electron chi connectivity index (χ0n) is 18.6. The minimum absolute atomic E-state index is 0.203. The summed E-state index contributed by atoms with van der Waals surface area (Å²) in [5.74, 6) is 6.84. The Morgan fingerprint density at radius 3 is 2.69 bits per heavy atom. The third kappa shape index (κ3) is 3.20. The van der Waals surface area contributed by atoms with Gasteiger partial charge in [-0.25, -0.2) is 4.68 Å². The molecule has 0 aliphatic heterocycles. The van der Waals surface area contributed by atoms with E-state index in [9.17, 15) is 4.79 Å². The number of fused-ring (bicyclic) bond motifs is 5. The van der Waals surface area contributed by atoms with Gasteiger partial charge in [0, 0.05) is 12.1 Å². The molecule has 0 bridgehead atoms. The lowest BCUT2D eigenvalue weighted by atomic mass is 9.48. The molecule has 5 rings (SSSR count). The van der Waals surface area contributed by atoms with Gasteiger partial charge in [-0.1, -0.05) is 38.8 Å². The molecule has 0 radical (unpaired) electrons. The van der Waals surface area contributed by atoms with Gasteiger partial charge in [-0.15, -0.1) is 5.10 Å². The van der Waals surface area contributed by atoms with Crippen molar-refractivity contribution in [3.05, 3.63) is 12.4 Å². The number of ketones is 1. The first-order chi connectivity index (χ1) is 14.0. The van der Waals surface area contributed by atoms with E-state index in [-0.39, 0.29) is 11.3 Å². The molecule has 9 atom stereocenters. The lowest BCUT2D eigenvalue weighted by Gasteiger charge is -2.57. The van der Waals surface area contributed by atoms with Crippen LogP contribution >= 0.6 is 0 Å². The minimum Gasteiger partial charge on any atom is -0.297 e. The number of hydrogen-bond donors (Lipinski definition) is 0. The summed E-state index contributed by atoms with van der Waals surface area (Å²) in [6, 6.07) is 0. The van der Waals surface area contributed by atoms with Gasteiger partial charge < -0.3 is 0 Å². The van der Waals surface area contributed by atoms with Crippen molar-refractivity contribution in [3.8, 4) is 0 Å². The van der Waals surface area contributed by atoms with Crippen LogP contribution in [0.4, 0.5) is 0 Å². The Hall–Kier alpha value is -1.19. The highest BCUT2D eigenvalue weighted by Gasteiger charge is 2.61. The van der Waals surface area contributed by atoms with Gasteiger partial charge in [0.15, 0.2) is 5.78 Å². The topological polar surface area (TPSA) is 47.8 Å². The van der Waals surface area contributed by atoms with E-state index in [1.165, 1.54) is 51.4 Å². The average molecular weight is 398 g/mol. The molecule has 4 nitrogen and oxygen atoms in total. The van der Waals surface area contributed by atoms with E-state index in [2.05, 4.69) is 31.1 Å². The lowest BCUT2D eigenvalue weighted by Crippen LogP contribution is -2.50. The molecular formula is C25H39N3O. The second-order valence-electron chi connectivity index (χ2n) is 11.3. The number of carbonyl (C=O) groups excluding carboxylic acids is 1. The van der Waals surface area contributed by atoms with Crippen molar-refractivity contribution < 1.29 is 4.79 Å². The van der Waals surface area contributed by atoms with Gasteiger partial charge in [-0.3, -0.25) is 4.79 Å². The SMILES string of the molecule is CC[C@@H]1C[C@H](C(=O)Cn2ccnn2)[C@@]2(C)CC[C@@H]3[C@H]4CC[C@H](C)C[C@H]4CC[C@H]3C12. The normalized spacial score (nSPS) is 46.6. The standard InChI is InChI=1S/C25H39N3O/c1-4-17-14-22(23(29)15-28-12-11-26-27-28)25(3)10-9-20-19-7-5-16(2)13-18(19)6-8-21(20)24(17)25/h11-12,16-22,24H,4-10,13-15H2,1-3H3/t16-,17+,18+,19-,20+,21+,22+,24?,25+/m0/s1. The first-order valence-electron chi connectivity index (χ1n) is 12.4. The van der Waals surface area contributed by atoms with E-state index in [0.29, 0.717) is 12.3 Å². The zero-order valence-corrected chi connectivity index (χ0v) is 18.6. The molecule has 0 N–H and O–H groups in total. The molecule has 160 valence electrons. The minimum atomic E-state index is 0.203. The number of nitrogens with zero attached hydrogens (tertiary/aromatic N) is 3. The third-order valence-electron chi connectivity index (χ3n) is 10.1. The Balaban J connectivity index is 1.39. The molecule has 1 aromatic rings. The smallest absolute Gasteiger partial charge is 0.157 e. The first-order valence-corrected chi connectivity index (χ1v) is 12.4. The van der Waals surface area contributed by atoms with Crippen LogP contribution in [0.3, 0.4) is 0 Å².